The molecule has 2 N–H and O–H groups in total. The van der Waals surface area contributed by atoms with Gasteiger partial charge in [0.2, 0.25) is 0 Å². The summed E-state index contributed by atoms with van der Waals surface area (Å²) < 4.78 is 0. The van der Waals surface area contributed by atoms with Gasteiger partial charge in [-0.15, -0.1) is 0 Å². The van der Waals surface area contributed by atoms with Gasteiger partial charge in [-0.3, -0.25) is 4.99 Å². The molecule has 1 fully saturated rings. The molecule has 0 spiro atoms. The molecule has 1 aromatic heterocycles. The van der Waals surface area contributed by atoms with Crippen molar-refractivity contribution in [2.24, 2.45) is 4.99 Å². The van der Waals surface area contributed by atoms with E-state index in [1.165, 1.54) is 37.9 Å². The molecule has 0 radical (unpaired) electrons. The number of thiophene rings is 1. The van der Waals surface area contributed by atoms with E-state index in [0.29, 0.717) is 5.92 Å². The van der Waals surface area contributed by atoms with Gasteiger partial charge in [-0.25, -0.2) is 0 Å². The topological polar surface area (TPSA) is 39.7 Å². The molecule has 5 heteroatoms. The minimum Gasteiger partial charge on any atom is -0.356 e. The number of rotatable bonds is 6. The van der Waals surface area contributed by atoms with Crippen molar-refractivity contribution < 1.29 is 0 Å². The normalized spacial score (nSPS) is 18.5. The van der Waals surface area contributed by atoms with E-state index >= 15 is 0 Å². The van der Waals surface area contributed by atoms with Gasteiger partial charge in [0.1, 0.15) is 0 Å². The average molecular weight is 308 g/mol. The van der Waals surface area contributed by atoms with E-state index in [0.717, 1.165) is 25.6 Å². The van der Waals surface area contributed by atoms with Gasteiger partial charge in [0.25, 0.3) is 0 Å². The molecule has 2 heterocycles. The molecule has 1 aliphatic rings. The van der Waals surface area contributed by atoms with E-state index in [1.807, 2.05) is 7.05 Å². The molecule has 0 bridgehead atoms. The van der Waals surface area contributed by atoms with Crippen LogP contribution in [0.2, 0.25) is 0 Å². The minimum absolute atomic E-state index is 0.511. The van der Waals surface area contributed by atoms with Gasteiger partial charge in [-0.2, -0.15) is 11.3 Å². The summed E-state index contributed by atoms with van der Waals surface area (Å²) in [5, 5.41) is 11.2. The van der Waals surface area contributed by atoms with E-state index in [1.54, 1.807) is 11.3 Å². The van der Waals surface area contributed by atoms with Crippen LogP contribution in [0.15, 0.2) is 21.8 Å². The molecule has 1 saturated heterocycles. The monoisotopic (exact) mass is 308 g/mol. The summed E-state index contributed by atoms with van der Waals surface area (Å²) >= 11 is 1.76. The number of nitrogens with zero attached hydrogens (tertiary/aromatic N) is 2. The lowest BCUT2D eigenvalue weighted by Gasteiger charge is -2.26. The number of guanidine groups is 1. The Labute approximate surface area is 132 Å². The van der Waals surface area contributed by atoms with Crippen molar-refractivity contribution in [1.29, 1.82) is 0 Å². The predicted octanol–water partition coefficient (Wildman–Crippen LogP) is 2.50. The highest BCUT2D eigenvalue weighted by molar-refractivity contribution is 7.07. The lowest BCUT2D eigenvalue weighted by molar-refractivity contribution is 0.232. The van der Waals surface area contributed by atoms with Gasteiger partial charge in [-0.05, 0) is 54.2 Å². The Bertz CT molecular complexity index is 410. The maximum Gasteiger partial charge on any atom is 0.191 e. The van der Waals surface area contributed by atoms with Crippen LogP contribution in [0.25, 0.3) is 0 Å². The molecule has 4 nitrogen and oxygen atoms in total. The first-order valence-corrected chi connectivity index (χ1v) is 8.93. The molecule has 0 amide bonds. The zero-order valence-corrected chi connectivity index (χ0v) is 14.1. The summed E-state index contributed by atoms with van der Waals surface area (Å²) in [6, 6.07) is 2.20. The van der Waals surface area contributed by atoms with Crippen LogP contribution in [-0.2, 0) is 0 Å². The molecule has 21 heavy (non-hydrogen) atoms. The molecule has 1 aliphatic heterocycles. The number of piperidine rings is 1. The average Bonchev–Trinajstić information content (AvgIpc) is 3.06. The molecule has 0 saturated carbocycles. The molecule has 1 aromatic rings. The largest absolute Gasteiger partial charge is 0.356 e. The zero-order valence-electron chi connectivity index (χ0n) is 13.3. The quantitative estimate of drug-likeness (QED) is 0.626. The van der Waals surface area contributed by atoms with Gasteiger partial charge in [0.05, 0.1) is 0 Å². The lowest BCUT2D eigenvalue weighted by atomic mass is 10.1. The Morgan fingerprint density at radius 1 is 1.33 bits per heavy atom. The molecule has 1 atom stereocenters. The van der Waals surface area contributed by atoms with E-state index in [9.17, 15) is 0 Å². The van der Waals surface area contributed by atoms with Crippen LogP contribution in [0.5, 0.6) is 0 Å². The van der Waals surface area contributed by atoms with Crippen molar-refractivity contribution in [2.45, 2.75) is 32.1 Å². The van der Waals surface area contributed by atoms with E-state index < -0.39 is 0 Å². The van der Waals surface area contributed by atoms with E-state index in [2.05, 4.69) is 44.3 Å². The van der Waals surface area contributed by atoms with Gasteiger partial charge in [0, 0.05) is 26.7 Å². The predicted molar refractivity (Wildman–Crippen MR) is 92.4 cm³/mol. The summed E-state index contributed by atoms with van der Waals surface area (Å²) in [7, 11) is 1.84. The Kier molecular flexibility index (Phi) is 7.03. The summed E-state index contributed by atoms with van der Waals surface area (Å²) in [5.74, 6) is 1.42. The molecular formula is C16H28N4S. The number of hydrogen-bond acceptors (Lipinski definition) is 3. The first-order valence-electron chi connectivity index (χ1n) is 7.98. The van der Waals surface area contributed by atoms with Crippen molar-refractivity contribution in [3.05, 3.63) is 22.4 Å². The molecular weight excluding hydrogens is 280 g/mol. The lowest BCUT2D eigenvalue weighted by Crippen LogP contribution is -2.43. The van der Waals surface area contributed by atoms with Crippen LogP contribution >= 0.6 is 11.3 Å². The van der Waals surface area contributed by atoms with E-state index in [-0.39, 0.29) is 0 Å². The van der Waals surface area contributed by atoms with Crippen molar-refractivity contribution in [3.63, 3.8) is 0 Å². The highest BCUT2D eigenvalue weighted by Crippen LogP contribution is 2.16. The van der Waals surface area contributed by atoms with Crippen molar-refractivity contribution in [1.82, 2.24) is 15.5 Å². The second kappa shape index (κ2) is 9.05. The minimum atomic E-state index is 0.511. The van der Waals surface area contributed by atoms with Gasteiger partial charge in [-0.1, -0.05) is 13.3 Å². The molecule has 0 aromatic carbocycles. The van der Waals surface area contributed by atoms with Crippen LogP contribution in [-0.4, -0.2) is 50.6 Å². The fourth-order valence-electron chi connectivity index (χ4n) is 2.66. The Morgan fingerprint density at radius 2 is 2.14 bits per heavy atom. The van der Waals surface area contributed by atoms with Crippen LogP contribution < -0.4 is 10.6 Å². The van der Waals surface area contributed by atoms with Crippen LogP contribution in [0.3, 0.4) is 0 Å². The second-order valence-electron chi connectivity index (χ2n) is 5.74. The number of nitrogens with one attached hydrogen (secondary N) is 2. The van der Waals surface area contributed by atoms with Crippen molar-refractivity contribution >= 4 is 17.3 Å². The zero-order chi connectivity index (χ0) is 14.9. The smallest absolute Gasteiger partial charge is 0.191 e. The third-order valence-corrected chi connectivity index (χ3v) is 4.78. The number of likely N-dealkylation sites (tertiary alicyclic amines) is 1. The fraction of sp³-hybridized carbons (Fsp3) is 0.688. The third-order valence-electron chi connectivity index (χ3n) is 4.08. The molecule has 1 unspecified atom stereocenters. The standard InChI is InChI=1S/C16H28N4S/c1-14(15-6-11-21-13-15)12-19-16(17-2)18-7-10-20-8-4-3-5-9-20/h6,11,13-14H,3-5,7-10,12H2,1-2H3,(H2,17,18,19). The van der Waals surface area contributed by atoms with Crippen LogP contribution in [0, 0.1) is 0 Å². The maximum atomic E-state index is 4.30. The van der Waals surface area contributed by atoms with Crippen LogP contribution in [0.4, 0.5) is 0 Å². The van der Waals surface area contributed by atoms with Crippen molar-refractivity contribution in [2.75, 3.05) is 39.8 Å². The first-order chi connectivity index (χ1) is 10.3. The second-order valence-corrected chi connectivity index (χ2v) is 6.52. The Morgan fingerprint density at radius 3 is 2.81 bits per heavy atom. The summed E-state index contributed by atoms with van der Waals surface area (Å²) in [6.45, 7) is 7.75. The van der Waals surface area contributed by atoms with Gasteiger partial charge in [0.15, 0.2) is 5.96 Å². The number of hydrogen-bond donors (Lipinski definition) is 2. The summed E-state index contributed by atoms with van der Waals surface area (Å²) in [4.78, 5) is 6.84. The summed E-state index contributed by atoms with van der Waals surface area (Å²) in [5.41, 5.74) is 1.40. The Balaban J connectivity index is 1.63. The molecule has 2 rings (SSSR count). The highest BCUT2D eigenvalue weighted by Gasteiger charge is 2.10. The van der Waals surface area contributed by atoms with Crippen molar-refractivity contribution in [3.8, 4) is 0 Å². The molecule has 0 aliphatic carbocycles. The molecule has 118 valence electrons. The van der Waals surface area contributed by atoms with Gasteiger partial charge < -0.3 is 15.5 Å². The summed E-state index contributed by atoms with van der Waals surface area (Å²) in [6.07, 6.45) is 4.10. The number of aliphatic imine (C=N–C) groups is 1. The first kappa shape index (κ1) is 16.3. The van der Waals surface area contributed by atoms with Gasteiger partial charge >= 0.3 is 0 Å². The fourth-order valence-corrected chi connectivity index (χ4v) is 3.44. The Hall–Kier alpha value is -1.07. The highest BCUT2D eigenvalue weighted by atomic mass is 32.1. The maximum absolute atomic E-state index is 4.30. The third kappa shape index (κ3) is 5.67. The SMILES string of the molecule is CN=C(NCCN1CCCCC1)NCC(C)c1ccsc1. The van der Waals surface area contributed by atoms with Crippen LogP contribution in [0.1, 0.15) is 37.7 Å². The van der Waals surface area contributed by atoms with E-state index in [4.69, 9.17) is 0 Å².